The average Bonchev–Trinajstić information content (AvgIpc) is 3.15. The van der Waals surface area contributed by atoms with Gasteiger partial charge in [0, 0.05) is 24.8 Å². The molecule has 1 spiro atoms. The van der Waals surface area contributed by atoms with Crippen LogP contribution < -0.4 is 5.32 Å². The van der Waals surface area contributed by atoms with E-state index < -0.39 is 5.54 Å². The number of methoxy groups -OCH3 is 1. The van der Waals surface area contributed by atoms with E-state index in [0.717, 1.165) is 18.0 Å². The SMILES string of the molecule is CCC1=NC2(CCC(C(=O)Nc3nc(C)cs3)CC2)C(=O)N1CCOC. The minimum atomic E-state index is -0.673. The van der Waals surface area contributed by atoms with Crippen molar-refractivity contribution in [1.82, 2.24) is 9.88 Å². The summed E-state index contributed by atoms with van der Waals surface area (Å²) >= 11 is 1.43. The average molecular weight is 378 g/mol. The first-order valence-electron chi connectivity index (χ1n) is 9.11. The number of anilines is 1. The molecular weight excluding hydrogens is 352 g/mol. The summed E-state index contributed by atoms with van der Waals surface area (Å²) in [6.45, 7) is 4.96. The lowest BCUT2D eigenvalue weighted by Gasteiger charge is -2.33. The minimum Gasteiger partial charge on any atom is -0.383 e. The fourth-order valence-corrected chi connectivity index (χ4v) is 4.40. The Morgan fingerprint density at radius 1 is 1.46 bits per heavy atom. The summed E-state index contributed by atoms with van der Waals surface area (Å²) < 4.78 is 5.12. The molecule has 1 aliphatic carbocycles. The molecule has 2 heterocycles. The first-order chi connectivity index (χ1) is 12.5. The number of nitrogens with zero attached hydrogens (tertiary/aromatic N) is 3. The Bertz CT molecular complexity index is 707. The van der Waals surface area contributed by atoms with Crippen molar-refractivity contribution in [2.24, 2.45) is 10.9 Å². The van der Waals surface area contributed by atoms with E-state index >= 15 is 0 Å². The molecule has 0 bridgehead atoms. The standard InChI is InChI=1S/C18H26N4O3S/c1-4-14-21-18(16(24)22(14)9-10-25-3)7-5-13(6-8-18)15(23)20-17-19-12(2)11-26-17/h11,13H,4-10H2,1-3H3,(H,19,20,23). The molecule has 2 amide bonds. The van der Waals surface area contributed by atoms with Gasteiger partial charge in [-0.25, -0.2) is 4.98 Å². The fourth-order valence-electron chi connectivity index (χ4n) is 3.71. The summed E-state index contributed by atoms with van der Waals surface area (Å²) in [6, 6.07) is 0. The topological polar surface area (TPSA) is 83.9 Å². The number of hydrogen-bond acceptors (Lipinski definition) is 6. The molecule has 1 aromatic rings. The van der Waals surface area contributed by atoms with Crippen LogP contribution in [0.4, 0.5) is 5.13 Å². The predicted molar refractivity (Wildman–Crippen MR) is 101 cm³/mol. The molecular formula is C18H26N4O3S. The van der Waals surface area contributed by atoms with Crippen molar-refractivity contribution < 1.29 is 14.3 Å². The number of carbonyl (C=O) groups is 2. The van der Waals surface area contributed by atoms with Crippen molar-refractivity contribution in [3.63, 3.8) is 0 Å². The zero-order valence-electron chi connectivity index (χ0n) is 15.6. The van der Waals surface area contributed by atoms with Gasteiger partial charge in [-0.15, -0.1) is 11.3 Å². The van der Waals surface area contributed by atoms with E-state index in [0.29, 0.717) is 44.0 Å². The van der Waals surface area contributed by atoms with Crippen LogP contribution in [-0.4, -0.2) is 53.3 Å². The number of carbonyl (C=O) groups excluding carboxylic acids is 2. The molecule has 1 aromatic heterocycles. The first-order valence-corrected chi connectivity index (χ1v) is 9.99. The van der Waals surface area contributed by atoms with Crippen LogP contribution in [0.15, 0.2) is 10.4 Å². The quantitative estimate of drug-likeness (QED) is 0.825. The molecule has 0 unspecified atom stereocenters. The molecule has 0 aromatic carbocycles. The number of aromatic nitrogens is 1. The fraction of sp³-hybridized carbons (Fsp3) is 0.667. The van der Waals surface area contributed by atoms with Crippen LogP contribution in [0.25, 0.3) is 0 Å². The van der Waals surface area contributed by atoms with Gasteiger partial charge in [0.25, 0.3) is 5.91 Å². The number of nitrogens with one attached hydrogen (secondary N) is 1. The zero-order valence-corrected chi connectivity index (χ0v) is 16.4. The van der Waals surface area contributed by atoms with E-state index in [2.05, 4.69) is 10.3 Å². The number of aryl methyl sites for hydroxylation is 1. The first kappa shape index (κ1) is 19.0. The molecule has 142 valence electrons. The van der Waals surface area contributed by atoms with Gasteiger partial charge in [0.2, 0.25) is 5.91 Å². The molecule has 0 atom stereocenters. The van der Waals surface area contributed by atoms with Gasteiger partial charge in [-0.05, 0) is 32.6 Å². The Morgan fingerprint density at radius 3 is 2.77 bits per heavy atom. The third kappa shape index (κ3) is 3.66. The highest BCUT2D eigenvalue weighted by Gasteiger charge is 2.50. The van der Waals surface area contributed by atoms with Gasteiger partial charge in [0.1, 0.15) is 11.4 Å². The van der Waals surface area contributed by atoms with Gasteiger partial charge in [0.05, 0.1) is 18.8 Å². The maximum Gasteiger partial charge on any atom is 0.255 e. The molecule has 7 nitrogen and oxygen atoms in total. The van der Waals surface area contributed by atoms with Crippen molar-refractivity contribution in [2.75, 3.05) is 25.6 Å². The van der Waals surface area contributed by atoms with Crippen LogP contribution in [-0.2, 0) is 14.3 Å². The highest BCUT2D eigenvalue weighted by atomic mass is 32.1. The lowest BCUT2D eigenvalue weighted by atomic mass is 9.76. The Kier molecular flexibility index (Phi) is 5.72. The maximum atomic E-state index is 13.0. The predicted octanol–water partition coefficient (Wildman–Crippen LogP) is 2.62. The summed E-state index contributed by atoms with van der Waals surface area (Å²) in [5.74, 6) is 0.815. The smallest absolute Gasteiger partial charge is 0.255 e. The van der Waals surface area contributed by atoms with Gasteiger partial charge in [-0.3, -0.25) is 19.5 Å². The van der Waals surface area contributed by atoms with Crippen molar-refractivity contribution in [3.8, 4) is 0 Å². The van der Waals surface area contributed by atoms with E-state index in [1.165, 1.54) is 11.3 Å². The molecule has 1 fully saturated rings. The highest BCUT2D eigenvalue weighted by molar-refractivity contribution is 7.13. The Morgan fingerprint density at radius 2 is 2.19 bits per heavy atom. The van der Waals surface area contributed by atoms with Gasteiger partial charge in [0.15, 0.2) is 5.13 Å². The number of rotatable bonds is 6. The largest absolute Gasteiger partial charge is 0.383 e. The van der Waals surface area contributed by atoms with E-state index in [1.807, 2.05) is 19.2 Å². The van der Waals surface area contributed by atoms with Crippen molar-refractivity contribution in [3.05, 3.63) is 11.1 Å². The summed E-state index contributed by atoms with van der Waals surface area (Å²) in [7, 11) is 1.63. The molecule has 2 aliphatic rings. The van der Waals surface area contributed by atoms with E-state index in [-0.39, 0.29) is 17.7 Å². The minimum absolute atomic E-state index is 0.00409. The zero-order chi connectivity index (χ0) is 18.7. The number of amidine groups is 1. The molecule has 1 aliphatic heterocycles. The second kappa shape index (κ2) is 7.84. The number of amides is 2. The lowest BCUT2D eigenvalue weighted by molar-refractivity contribution is -0.134. The van der Waals surface area contributed by atoms with Crippen LogP contribution in [0.1, 0.15) is 44.7 Å². The van der Waals surface area contributed by atoms with Crippen molar-refractivity contribution >= 4 is 34.1 Å². The van der Waals surface area contributed by atoms with Crippen LogP contribution in [0, 0.1) is 12.8 Å². The molecule has 26 heavy (non-hydrogen) atoms. The highest BCUT2D eigenvalue weighted by Crippen LogP contribution is 2.40. The molecule has 3 rings (SSSR count). The molecule has 8 heteroatoms. The van der Waals surface area contributed by atoms with Crippen LogP contribution in [0.3, 0.4) is 0 Å². The monoisotopic (exact) mass is 378 g/mol. The second-order valence-corrected chi connectivity index (χ2v) is 7.78. The van der Waals surface area contributed by atoms with E-state index in [1.54, 1.807) is 12.0 Å². The molecule has 0 saturated heterocycles. The normalized spacial score (nSPS) is 25.7. The summed E-state index contributed by atoms with van der Waals surface area (Å²) in [5.41, 5.74) is 0.232. The maximum absolute atomic E-state index is 13.0. The molecule has 1 N–H and O–H groups in total. The molecule has 1 saturated carbocycles. The number of thiazole rings is 1. The Hall–Kier alpha value is -1.80. The van der Waals surface area contributed by atoms with Crippen LogP contribution >= 0.6 is 11.3 Å². The Balaban J connectivity index is 1.62. The third-order valence-electron chi connectivity index (χ3n) is 5.17. The van der Waals surface area contributed by atoms with Gasteiger partial charge in [-0.2, -0.15) is 0 Å². The van der Waals surface area contributed by atoms with E-state index in [4.69, 9.17) is 9.73 Å². The number of hydrogen-bond donors (Lipinski definition) is 1. The second-order valence-electron chi connectivity index (χ2n) is 6.92. The molecule has 0 radical (unpaired) electrons. The third-order valence-corrected chi connectivity index (χ3v) is 6.04. The van der Waals surface area contributed by atoms with Crippen molar-refractivity contribution in [2.45, 2.75) is 51.5 Å². The lowest BCUT2D eigenvalue weighted by Crippen LogP contribution is -2.46. The van der Waals surface area contributed by atoms with Crippen LogP contribution in [0.5, 0.6) is 0 Å². The number of ether oxygens (including phenoxy) is 1. The summed E-state index contributed by atoms with van der Waals surface area (Å²) in [4.78, 5) is 36.3. The van der Waals surface area contributed by atoms with E-state index in [9.17, 15) is 9.59 Å². The Labute approximate surface area is 157 Å². The van der Waals surface area contributed by atoms with Gasteiger partial charge in [-0.1, -0.05) is 6.92 Å². The van der Waals surface area contributed by atoms with Gasteiger partial charge < -0.3 is 10.1 Å². The summed E-state index contributed by atoms with van der Waals surface area (Å²) in [5, 5.41) is 5.46. The summed E-state index contributed by atoms with van der Waals surface area (Å²) in [6.07, 6.45) is 3.30. The van der Waals surface area contributed by atoms with Gasteiger partial charge >= 0.3 is 0 Å². The van der Waals surface area contributed by atoms with Crippen molar-refractivity contribution in [1.29, 1.82) is 0 Å². The number of aliphatic imine (C=N–C) groups is 1. The van der Waals surface area contributed by atoms with Crippen LogP contribution in [0.2, 0.25) is 0 Å².